The number of carbonyl (C=O) groups is 7. The molecule has 0 aliphatic carbocycles. The van der Waals surface area contributed by atoms with Gasteiger partial charge in [-0.2, -0.15) is 0 Å². The third kappa shape index (κ3) is 15.4. The van der Waals surface area contributed by atoms with Crippen LogP contribution in [0.1, 0.15) is 44.6 Å². The fourth-order valence-corrected chi connectivity index (χ4v) is 5.20. The van der Waals surface area contributed by atoms with E-state index < -0.39 is 110 Å². The topological polar surface area (TPSA) is 331 Å². The van der Waals surface area contributed by atoms with Crippen LogP contribution in [0.2, 0.25) is 0 Å². The standard InChI is InChI=1S/C33H52N8O12/c1-18(45)27-32(51)40-25(17-44)31(50)39-22(29(48)37-20(15-42)14-36-24(33(52)53)13-19-7-3-2-4-8-19)9-5-6-12-35-26(46)11-10-23(30(49)41-27)38-28(47)21(34)16-43/h2-4,7-8,18,20-25,27,36,42-45H,5-6,9-17,34H2,1H3,(H,35,46)(H,37,48)(H,38,47)(H,39,50)(H,40,51)(H,41,49)(H,52,53)/t18?,20-,21+,22+,23+,24+,25+,27+/m1/s1. The molecule has 0 bridgehead atoms. The largest absolute Gasteiger partial charge is 0.480 e. The van der Waals surface area contributed by atoms with Crippen LogP contribution in [-0.2, 0) is 40.0 Å². The number of aliphatic carboxylic acids is 1. The van der Waals surface area contributed by atoms with E-state index >= 15 is 0 Å². The molecule has 1 unspecified atom stereocenters. The lowest BCUT2D eigenvalue weighted by Gasteiger charge is -2.28. The number of carboxylic acid groups (broad SMARTS) is 1. The van der Waals surface area contributed by atoms with E-state index in [-0.39, 0.29) is 45.2 Å². The Balaban J connectivity index is 2.23. The molecule has 20 nitrogen and oxygen atoms in total. The Morgan fingerprint density at radius 2 is 1.62 bits per heavy atom. The van der Waals surface area contributed by atoms with Crippen LogP contribution in [0.15, 0.2) is 30.3 Å². The highest BCUT2D eigenvalue weighted by atomic mass is 16.4. The van der Waals surface area contributed by atoms with Crippen molar-refractivity contribution in [2.45, 2.75) is 93.8 Å². The Morgan fingerprint density at radius 3 is 2.23 bits per heavy atom. The minimum absolute atomic E-state index is 0.00243. The van der Waals surface area contributed by atoms with E-state index in [0.717, 1.165) is 12.5 Å². The van der Waals surface area contributed by atoms with E-state index in [4.69, 9.17) is 5.73 Å². The van der Waals surface area contributed by atoms with Gasteiger partial charge >= 0.3 is 5.97 Å². The second-order valence-electron chi connectivity index (χ2n) is 12.6. The number of benzene rings is 1. The van der Waals surface area contributed by atoms with Gasteiger partial charge in [0.15, 0.2) is 0 Å². The van der Waals surface area contributed by atoms with Crippen LogP contribution in [0, 0.1) is 0 Å². The molecule has 8 atom stereocenters. The van der Waals surface area contributed by atoms with E-state index in [1.807, 2.05) is 0 Å². The van der Waals surface area contributed by atoms with Gasteiger partial charge in [0.25, 0.3) is 0 Å². The van der Waals surface area contributed by atoms with Crippen LogP contribution >= 0.6 is 0 Å². The van der Waals surface area contributed by atoms with Crippen molar-refractivity contribution < 1.29 is 59.1 Å². The molecule has 0 aromatic heterocycles. The number of rotatable bonds is 14. The number of aliphatic hydroxyl groups excluding tert-OH is 4. The summed E-state index contributed by atoms with van der Waals surface area (Å²) in [5.74, 6) is -6.47. The van der Waals surface area contributed by atoms with E-state index in [1.165, 1.54) is 0 Å². The van der Waals surface area contributed by atoms with Crippen LogP contribution in [0.3, 0.4) is 0 Å². The summed E-state index contributed by atoms with van der Waals surface area (Å²) in [4.78, 5) is 89.9. The van der Waals surface area contributed by atoms with Crippen LogP contribution < -0.4 is 43.0 Å². The molecule has 1 heterocycles. The molecule has 20 heteroatoms. The zero-order chi connectivity index (χ0) is 39.5. The minimum Gasteiger partial charge on any atom is -0.480 e. The Labute approximate surface area is 306 Å². The normalized spacial score (nSPS) is 23.3. The summed E-state index contributed by atoms with van der Waals surface area (Å²) in [6.07, 6.45) is -1.39. The molecule has 14 N–H and O–H groups in total. The molecule has 0 spiro atoms. The van der Waals surface area contributed by atoms with Crippen molar-refractivity contribution >= 4 is 41.4 Å². The first-order chi connectivity index (χ1) is 25.2. The molecule has 53 heavy (non-hydrogen) atoms. The smallest absolute Gasteiger partial charge is 0.321 e. The maximum atomic E-state index is 13.4. The van der Waals surface area contributed by atoms with Crippen LogP contribution in [0.5, 0.6) is 0 Å². The number of aliphatic hydroxyl groups is 4. The van der Waals surface area contributed by atoms with Crippen molar-refractivity contribution in [3.05, 3.63) is 35.9 Å². The highest BCUT2D eigenvalue weighted by molar-refractivity contribution is 5.96. The molecular weight excluding hydrogens is 700 g/mol. The summed E-state index contributed by atoms with van der Waals surface area (Å²) in [6, 6.07) is -0.698. The number of hydrogen-bond donors (Lipinski definition) is 13. The van der Waals surface area contributed by atoms with Crippen molar-refractivity contribution in [2.75, 3.05) is 32.9 Å². The molecule has 1 saturated heterocycles. The van der Waals surface area contributed by atoms with Gasteiger partial charge in [0, 0.05) is 19.5 Å². The molecule has 1 aliphatic heterocycles. The van der Waals surface area contributed by atoms with Gasteiger partial charge in [-0.1, -0.05) is 30.3 Å². The van der Waals surface area contributed by atoms with E-state index in [0.29, 0.717) is 6.42 Å². The van der Waals surface area contributed by atoms with Crippen LogP contribution in [0.4, 0.5) is 0 Å². The zero-order valence-corrected chi connectivity index (χ0v) is 29.5. The van der Waals surface area contributed by atoms with Gasteiger partial charge in [0.2, 0.25) is 35.4 Å². The summed E-state index contributed by atoms with van der Waals surface area (Å²) in [5.41, 5.74) is 6.28. The van der Waals surface area contributed by atoms with Crippen molar-refractivity contribution in [3.63, 3.8) is 0 Å². The van der Waals surface area contributed by atoms with Crippen molar-refractivity contribution in [3.8, 4) is 0 Å². The summed E-state index contributed by atoms with van der Waals surface area (Å²) < 4.78 is 0. The lowest BCUT2D eigenvalue weighted by Crippen LogP contribution is -2.62. The third-order valence-electron chi connectivity index (χ3n) is 8.34. The molecule has 0 radical (unpaired) electrons. The van der Waals surface area contributed by atoms with Gasteiger partial charge in [0.05, 0.1) is 32.0 Å². The first-order valence-electron chi connectivity index (χ1n) is 17.3. The number of carbonyl (C=O) groups excluding carboxylic acids is 6. The fourth-order valence-electron chi connectivity index (χ4n) is 5.20. The highest BCUT2D eigenvalue weighted by Crippen LogP contribution is 2.07. The molecule has 296 valence electrons. The van der Waals surface area contributed by atoms with Crippen LogP contribution in [-0.4, -0.2) is 148 Å². The van der Waals surface area contributed by atoms with Crippen LogP contribution in [0.25, 0.3) is 0 Å². The Kier molecular flexibility index (Phi) is 19.3. The number of amides is 6. The first kappa shape index (κ1) is 44.4. The molecule has 1 aromatic carbocycles. The third-order valence-corrected chi connectivity index (χ3v) is 8.34. The lowest BCUT2D eigenvalue weighted by molar-refractivity contribution is -0.139. The molecular formula is C33H52N8O12. The predicted octanol–water partition coefficient (Wildman–Crippen LogP) is -5.54. The van der Waals surface area contributed by atoms with Gasteiger partial charge in [-0.25, -0.2) is 0 Å². The summed E-state index contributed by atoms with van der Waals surface area (Å²) >= 11 is 0. The molecule has 1 aliphatic rings. The maximum absolute atomic E-state index is 13.4. The zero-order valence-electron chi connectivity index (χ0n) is 29.5. The summed E-state index contributed by atoms with van der Waals surface area (Å²) in [6.45, 7) is -1.17. The number of carboxylic acids is 1. The molecule has 1 aromatic rings. The Hall–Kier alpha value is -4.73. The highest BCUT2D eigenvalue weighted by Gasteiger charge is 2.34. The van der Waals surface area contributed by atoms with Gasteiger partial charge in [-0.05, 0) is 44.6 Å². The predicted molar refractivity (Wildman–Crippen MR) is 186 cm³/mol. The monoisotopic (exact) mass is 752 g/mol. The van der Waals surface area contributed by atoms with Crippen molar-refractivity contribution in [1.82, 2.24) is 37.2 Å². The van der Waals surface area contributed by atoms with Crippen molar-refractivity contribution in [1.29, 1.82) is 0 Å². The SMILES string of the molecule is CC(O)[C@@H]1NC(=O)[C@@H](NC(=O)[C@@H](N)CO)CCC(=O)NCCCC[C@@H](C(=O)N[C@@H](CO)CN[C@@H](Cc2ccccc2)C(=O)O)NC(=O)[C@H](CO)NC1=O. The van der Waals surface area contributed by atoms with E-state index in [1.54, 1.807) is 30.3 Å². The maximum Gasteiger partial charge on any atom is 0.321 e. The number of nitrogens with one attached hydrogen (secondary N) is 7. The average Bonchev–Trinajstić information content (AvgIpc) is 3.13. The van der Waals surface area contributed by atoms with Gasteiger partial charge < -0.3 is 68.5 Å². The summed E-state index contributed by atoms with van der Waals surface area (Å²) in [5, 5.41) is 66.5. The quantitative estimate of drug-likeness (QED) is 0.0844. The molecule has 6 amide bonds. The minimum atomic E-state index is -1.73. The number of nitrogens with two attached hydrogens (primary N) is 1. The van der Waals surface area contributed by atoms with E-state index in [2.05, 4.69) is 37.2 Å². The second-order valence-corrected chi connectivity index (χ2v) is 12.6. The van der Waals surface area contributed by atoms with Gasteiger partial charge in [0.1, 0.15) is 36.3 Å². The van der Waals surface area contributed by atoms with Crippen molar-refractivity contribution in [2.24, 2.45) is 5.73 Å². The molecule has 0 saturated carbocycles. The summed E-state index contributed by atoms with van der Waals surface area (Å²) in [7, 11) is 0. The van der Waals surface area contributed by atoms with E-state index in [9.17, 15) is 59.1 Å². The number of hydrogen-bond acceptors (Lipinski definition) is 13. The molecule has 2 rings (SSSR count). The first-order valence-corrected chi connectivity index (χ1v) is 17.3. The Morgan fingerprint density at radius 1 is 0.925 bits per heavy atom. The fraction of sp³-hybridized carbons (Fsp3) is 0.606. The average molecular weight is 753 g/mol. The lowest BCUT2D eigenvalue weighted by atomic mass is 10.0. The van der Waals surface area contributed by atoms with Gasteiger partial charge in [-0.15, -0.1) is 0 Å². The molecule has 1 fully saturated rings. The second kappa shape index (κ2) is 23.0. The van der Waals surface area contributed by atoms with Gasteiger partial charge in [-0.3, -0.25) is 33.6 Å². The Bertz CT molecular complexity index is 1380.